The van der Waals surface area contributed by atoms with Gasteiger partial charge in [0.25, 0.3) is 5.91 Å². The number of likely N-dealkylation sites (tertiary alicyclic amines) is 1. The molecule has 1 aromatic rings. The lowest BCUT2D eigenvalue weighted by atomic mass is 10.1. The van der Waals surface area contributed by atoms with Crippen molar-refractivity contribution in [1.82, 2.24) is 14.9 Å². The largest absolute Gasteiger partial charge is 0.375 e. The molecular weight excluding hydrogens is 266 g/mol. The van der Waals surface area contributed by atoms with Crippen LogP contribution in [0.2, 0.25) is 0 Å². The Kier molecular flexibility index (Phi) is 3.93. The monoisotopic (exact) mass is 289 g/mol. The number of hydrogen-bond donors (Lipinski definition) is 0. The number of carbonyl (C=O) groups excluding carboxylic acids is 1. The van der Waals surface area contributed by atoms with E-state index in [1.807, 2.05) is 11.8 Å². The minimum atomic E-state index is -0.00662. The van der Waals surface area contributed by atoms with Gasteiger partial charge in [0.05, 0.1) is 24.0 Å². The molecule has 1 saturated carbocycles. The Morgan fingerprint density at radius 2 is 2.19 bits per heavy atom. The molecule has 2 aliphatic rings. The van der Waals surface area contributed by atoms with Gasteiger partial charge in [-0.15, -0.1) is 0 Å². The zero-order chi connectivity index (χ0) is 15.0. The summed E-state index contributed by atoms with van der Waals surface area (Å²) < 4.78 is 6.06. The number of fused-ring (bicyclic) bond motifs is 2. The van der Waals surface area contributed by atoms with Crippen LogP contribution in [0.25, 0.3) is 0 Å². The van der Waals surface area contributed by atoms with Gasteiger partial charge >= 0.3 is 0 Å². The highest BCUT2D eigenvalue weighted by Crippen LogP contribution is 2.40. The van der Waals surface area contributed by atoms with Gasteiger partial charge in [0, 0.05) is 25.3 Å². The molecule has 5 heteroatoms. The van der Waals surface area contributed by atoms with E-state index in [0.29, 0.717) is 17.5 Å². The van der Waals surface area contributed by atoms with E-state index in [9.17, 15) is 4.79 Å². The second kappa shape index (κ2) is 5.72. The van der Waals surface area contributed by atoms with Crippen molar-refractivity contribution < 1.29 is 9.53 Å². The van der Waals surface area contributed by atoms with E-state index in [-0.39, 0.29) is 18.1 Å². The highest BCUT2D eigenvalue weighted by atomic mass is 16.5. The van der Waals surface area contributed by atoms with Crippen molar-refractivity contribution in [2.45, 2.75) is 45.8 Å². The number of carbonyl (C=O) groups is 1. The number of aryl methyl sites for hydroxylation is 1. The maximum Gasteiger partial charge on any atom is 0.274 e. The molecule has 2 bridgehead atoms. The fourth-order valence-electron chi connectivity index (χ4n) is 3.38. The molecule has 1 aliphatic heterocycles. The molecule has 1 amide bonds. The summed E-state index contributed by atoms with van der Waals surface area (Å²) in [6.07, 6.45) is 5.63. The first-order chi connectivity index (χ1) is 10.1. The predicted octanol–water partition coefficient (Wildman–Crippen LogP) is 2.06. The first kappa shape index (κ1) is 14.4. The molecule has 0 spiro atoms. The third kappa shape index (κ3) is 2.79. The Bertz CT molecular complexity index is 515. The van der Waals surface area contributed by atoms with Gasteiger partial charge in [-0.1, -0.05) is 13.8 Å². The Hall–Kier alpha value is -1.49. The van der Waals surface area contributed by atoms with Crippen LogP contribution in [0.15, 0.2) is 12.4 Å². The summed E-state index contributed by atoms with van der Waals surface area (Å²) in [4.78, 5) is 22.9. The molecule has 1 saturated heterocycles. The van der Waals surface area contributed by atoms with Crippen molar-refractivity contribution in [2.75, 3.05) is 13.2 Å². The predicted molar refractivity (Wildman–Crippen MR) is 78.9 cm³/mol. The molecular formula is C16H23N3O2. The summed E-state index contributed by atoms with van der Waals surface area (Å²) in [7, 11) is 0. The number of rotatable bonds is 4. The summed E-state index contributed by atoms with van der Waals surface area (Å²) in [6.45, 7) is 7.74. The minimum Gasteiger partial charge on any atom is -0.375 e. The summed E-state index contributed by atoms with van der Waals surface area (Å²) in [5.74, 6) is 1.00. The zero-order valence-electron chi connectivity index (χ0n) is 13.0. The quantitative estimate of drug-likeness (QED) is 0.851. The number of piperidine rings is 1. The number of amides is 1. The van der Waals surface area contributed by atoms with Crippen LogP contribution < -0.4 is 0 Å². The van der Waals surface area contributed by atoms with Crippen LogP contribution in [-0.4, -0.2) is 46.1 Å². The van der Waals surface area contributed by atoms with Crippen molar-refractivity contribution in [3.63, 3.8) is 0 Å². The molecule has 0 N–H and O–H groups in total. The molecule has 2 heterocycles. The highest BCUT2D eigenvalue weighted by Gasteiger charge is 2.49. The number of hydrogen-bond acceptors (Lipinski definition) is 4. The molecule has 0 aromatic carbocycles. The van der Waals surface area contributed by atoms with E-state index >= 15 is 0 Å². The lowest BCUT2D eigenvalue weighted by Crippen LogP contribution is -2.40. The van der Waals surface area contributed by atoms with Gasteiger partial charge in [0.15, 0.2) is 0 Å². The first-order valence-electron chi connectivity index (χ1n) is 7.77. The van der Waals surface area contributed by atoms with Crippen molar-refractivity contribution in [2.24, 2.45) is 11.8 Å². The Labute approximate surface area is 125 Å². The van der Waals surface area contributed by atoms with Gasteiger partial charge in [-0.2, -0.15) is 0 Å². The van der Waals surface area contributed by atoms with E-state index in [4.69, 9.17) is 4.74 Å². The molecule has 0 radical (unpaired) electrons. The smallest absolute Gasteiger partial charge is 0.274 e. The summed E-state index contributed by atoms with van der Waals surface area (Å²) >= 11 is 0. The van der Waals surface area contributed by atoms with E-state index in [1.165, 1.54) is 0 Å². The first-order valence-corrected chi connectivity index (χ1v) is 7.77. The second-order valence-electron chi connectivity index (χ2n) is 6.60. The molecule has 21 heavy (non-hydrogen) atoms. The molecule has 0 unspecified atom stereocenters. The van der Waals surface area contributed by atoms with E-state index < -0.39 is 0 Å². The van der Waals surface area contributed by atoms with Gasteiger partial charge in [-0.05, 0) is 25.7 Å². The molecule has 5 nitrogen and oxygen atoms in total. The third-order valence-corrected chi connectivity index (χ3v) is 4.39. The van der Waals surface area contributed by atoms with Crippen molar-refractivity contribution in [1.29, 1.82) is 0 Å². The average Bonchev–Trinajstić information content (AvgIpc) is 3.02. The fraction of sp³-hybridized carbons (Fsp3) is 0.688. The van der Waals surface area contributed by atoms with Crippen molar-refractivity contribution in [3.05, 3.63) is 23.8 Å². The zero-order valence-corrected chi connectivity index (χ0v) is 13.0. The van der Waals surface area contributed by atoms with Gasteiger partial charge in [0.2, 0.25) is 0 Å². The SMILES string of the molecule is Cc1cnc(C(=O)N2C[C@H]3CC[C@H]2[C@H]3OCC(C)C)cn1. The number of aromatic nitrogens is 2. The molecule has 2 fully saturated rings. The minimum absolute atomic E-state index is 0.00662. The summed E-state index contributed by atoms with van der Waals surface area (Å²) in [5, 5.41) is 0. The summed E-state index contributed by atoms with van der Waals surface area (Å²) in [5.41, 5.74) is 1.27. The van der Waals surface area contributed by atoms with Crippen LogP contribution in [0, 0.1) is 18.8 Å². The molecule has 1 aliphatic carbocycles. The van der Waals surface area contributed by atoms with Crippen LogP contribution in [0.4, 0.5) is 0 Å². The standard InChI is InChI=1S/C16H23N3O2/c1-10(2)9-21-15-12-4-5-14(15)19(8-12)16(20)13-7-17-11(3)6-18-13/h6-7,10,12,14-15H,4-5,8-9H2,1-3H3/t12-,14+,15+/m1/s1. The van der Waals surface area contributed by atoms with Crippen molar-refractivity contribution >= 4 is 5.91 Å². The molecule has 114 valence electrons. The van der Waals surface area contributed by atoms with Gasteiger partial charge in [-0.3, -0.25) is 9.78 Å². The van der Waals surface area contributed by atoms with Crippen molar-refractivity contribution in [3.8, 4) is 0 Å². The Balaban J connectivity index is 1.70. The Morgan fingerprint density at radius 3 is 2.86 bits per heavy atom. The molecule has 3 rings (SSSR count). The average molecular weight is 289 g/mol. The van der Waals surface area contributed by atoms with Crippen LogP contribution in [0.5, 0.6) is 0 Å². The van der Waals surface area contributed by atoms with Gasteiger partial charge in [-0.25, -0.2) is 4.98 Å². The maximum absolute atomic E-state index is 12.6. The maximum atomic E-state index is 12.6. The summed E-state index contributed by atoms with van der Waals surface area (Å²) in [6, 6.07) is 0.212. The highest BCUT2D eigenvalue weighted by molar-refractivity contribution is 5.92. The van der Waals surface area contributed by atoms with Gasteiger partial charge in [0.1, 0.15) is 5.69 Å². The fourth-order valence-corrected chi connectivity index (χ4v) is 3.38. The van der Waals surface area contributed by atoms with E-state index in [0.717, 1.165) is 31.7 Å². The van der Waals surface area contributed by atoms with E-state index in [2.05, 4.69) is 23.8 Å². The molecule has 3 atom stereocenters. The molecule has 1 aromatic heterocycles. The lowest BCUT2D eigenvalue weighted by Gasteiger charge is -2.27. The van der Waals surface area contributed by atoms with Crippen LogP contribution in [-0.2, 0) is 4.74 Å². The third-order valence-electron chi connectivity index (χ3n) is 4.39. The van der Waals surface area contributed by atoms with Gasteiger partial charge < -0.3 is 9.64 Å². The normalized spacial score (nSPS) is 27.6. The van der Waals surface area contributed by atoms with Crippen LogP contribution in [0.3, 0.4) is 0 Å². The van der Waals surface area contributed by atoms with Crippen LogP contribution in [0.1, 0.15) is 42.9 Å². The topological polar surface area (TPSA) is 55.3 Å². The second-order valence-corrected chi connectivity index (χ2v) is 6.60. The van der Waals surface area contributed by atoms with Crippen LogP contribution >= 0.6 is 0 Å². The number of ether oxygens (including phenoxy) is 1. The van der Waals surface area contributed by atoms with E-state index in [1.54, 1.807) is 12.4 Å². The lowest BCUT2D eigenvalue weighted by molar-refractivity contribution is 0.0130. The Morgan fingerprint density at radius 1 is 1.38 bits per heavy atom. The number of nitrogens with zero attached hydrogens (tertiary/aromatic N) is 3.